The Morgan fingerprint density at radius 3 is 2.21 bits per heavy atom. The Morgan fingerprint density at radius 1 is 0.966 bits per heavy atom. The van der Waals surface area contributed by atoms with Gasteiger partial charge in [0.15, 0.2) is 5.84 Å². The number of amides is 1. The molecule has 0 fully saturated rings. The maximum Gasteiger partial charge on any atom is 0.217 e. The van der Waals surface area contributed by atoms with Crippen LogP contribution in [0.2, 0.25) is 0 Å². The van der Waals surface area contributed by atoms with Crippen molar-refractivity contribution in [3.05, 3.63) is 12.2 Å². The lowest BCUT2D eigenvalue weighted by Crippen LogP contribution is -2.54. The molecule has 0 aliphatic carbocycles. The van der Waals surface area contributed by atoms with Crippen LogP contribution in [0.3, 0.4) is 0 Å². The first kappa shape index (κ1) is 25.9. The quantitative estimate of drug-likeness (QED) is 0.169. The summed E-state index contributed by atoms with van der Waals surface area (Å²) in [6.45, 7) is 11.0. The van der Waals surface area contributed by atoms with Gasteiger partial charge in [-0.15, -0.1) is 0 Å². The van der Waals surface area contributed by atoms with Crippen molar-refractivity contribution in [2.24, 2.45) is 4.99 Å². The number of hydrogen-bond acceptors (Lipinski definition) is 2. The van der Waals surface area contributed by atoms with Crippen molar-refractivity contribution in [1.29, 1.82) is 0 Å². The van der Waals surface area contributed by atoms with E-state index in [1.807, 2.05) is 0 Å². The van der Waals surface area contributed by atoms with Gasteiger partial charge in [-0.05, 0) is 32.6 Å². The molecule has 0 spiro atoms. The summed E-state index contributed by atoms with van der Waals surface area (Å²) in [7, 11) is 0. The fraction of sp³-hybridized carbons (Fsp3) is 0.840. The van der Waals surface area contributed by atoms with Crippen molar-refractivity contribution < 1.29 is 9.28 Å². The number of carbonyl (C=O) groups excluding carboxylic acids is 1. The first-order valence-electron chi connectivity index (χ1n) is 12.4. The van der Waals surface area contributed by atoms with Gasteiger partial charge in [-0.1, -0.05) is 70.4 Å². The van der Waals surface area contributed by atoms with E-state index in [1.165, 1.54) is 82.9 Å². The highest BCUT2D eigenvalue weighted by Crippen LogP contribution is 2.20. The second-order valence-electron chi connectivity index (χ2n) is 8.67. The molecule has 0 saturated carbocycles. The third-order valence-corrected chi connectivity index (χ3v) is 6.30. The molecule has 0 aromatic rings. The van der Waals surface area contributed by atoms with Crippen molar-refractivity contribution in [2.45, 2.75) is 104 Å². The second-order valence-corrected chi connectivity index (χ2v) is 8.67. The van der Waals surface area contributed by atoms with Crippen LogP contribution in [0, 0.1) is 0 Å². The molecule has 1 rings (SSSR count). The van der Waals surface area contributed by atoms with Gasteiger partial charge in [0.2, 0.25) is 5.91 Å². The highest BCUT2D eigenvalue weighted by atomic mass is 16.1. The van der Waals surface area contributed by atoms with Crippen molar-refractivity contribution in [3.8, 4) is 0 Å². The first-order valence-corrected chi connectivity index (χ1v) is 12.4. The maximum absolute atomic E-state index is 11.2. The molecule has 1 atom stereocenters. The first-order chi connectivity index (χ1) is 14.1. The number of unbranched alkanes of at least 4 members (excludes halogenated alkanes) is 10. The van der Waals surface area contributed by atoms with Crippen molar-refractivity contribution >= 4 is 11.7 Å². The van der Waals surface area contributed by atoms with E-state index < -0.39 is 0 Å². The minimum atomic E-state index is 0.0698. The van der Waals surface area contributed by atoms with Gasteiger partial charge in [0, 0.05) is 13.3 Å². The SMILES string of the molecule is CCCC/C=C/CCCCCCCCCCC1=NCC[N+]1(CC)CCNC(C)=O. The maximum atomic E-state index is 11.2. The van der Waals surface area contributed by atoms with Gasteiger partial charge in [-0.25, -0.2) is 4.99 Å². The van der Waals surface area contributed by atoms with Crippen molar-refractivity contribution in [2.75, 3.05) is 32.7 Å². The number of aliphatic imine (C=N–C) groups is 1. The highest BCUT2D eigenvalue weighted by Gasteiger charge is 2.35. The number of nitrogens with one attached hydrogen (secondary N) is 1. The lowest BCUT2D eigenvalue weighted by Gasteiger charge is -2.33. The Hall–Kier alpha value is -1.16. The zero-order valence-electron chi connectivity index (χ0n) is 19.7. The van der Waals surface area contributed by atoms with Gasteiger partial charge in [0.25, 0.3) is 0 Å². The summed E-state index contributed by atoms with van der Waals surface area (Å²) < 4.78 is 0.993. The average Bonchev–Trinajstić information content (AvgIpc) is 3.11. The van der Waals surface area contributed by atoms with Crippen LogP contribution in [0.4, 0.5) is 0 Å². The van der Waals surface area contributed by atoms with E-state index in [0.717, 1.165) is 43.6 Å². The normalized spacial score (nSPS) is 19.1. The van der Waals surface area contributed by atoms with Crippen LogP contribution in [0.5, 0.6) is 0 Å². The monoisotopic (exact) mass is 406 g/mol. The number of hydrogen-bond donors (Lipinski definition) is 1. The van der Waals surface area contributed by atoms with Gasteiger partial charge >= 0.3 is 0 Å². The van der Waals surface area contributed by atoms with E-state index in [0.29, 0.717) is 0 Å². The number of nitrogens with zero attached hydrogens (tertiary/aromatic N) is 2. The minimum Gasteiger partial charge on any atom is -0.351 e. The summed E-state index contributed by atoms with van der Waals surface area (Å²) >= 11 is 0. The summed E-state index contributed by atoms with van der Waals surface area (Å²) in [6.07, 6.45) is 21.9. The van der Waals surface area contributed by atoms with Crippen LogP contribution >= 0.6 is 0 Å². The molecule has 0 radical (unpaired) electrons. The Kier molecular flexibility index (Phi) is 14.8. The lowest BCUT2D eigenvalue weighted by molar-refractivity contribution is -0.833. The summed E-state index contributed by atoms with van der Waals surface area (Å²) in [5.41, 5.74) is 0. The standard InChI is InChI=1S/C25H47N3O/c1-4-6-7-8-9-10-11-12-13-14-15-16-17-18-19-25-27-21-23-28(25,5-2)22-20-26-24(3)29/h8-9H,4-7,10-23H2,1-3H3/p+1/b9-8+. The van der Waals surface area contributed by atoms with E-state index in [4.69, 9.17) is 4.99 Å². The molecule has 1 heterocycles. The molecule has 0 saturated heterocycles. The third-order valence-electron chi connectivity index (χ3n) is 6.30. The number of rotatable bonds is 18. The average molecular weight is 407 g/mol. The minimum absolute atomic E-state index is 0.0698. The fourth-order valence-corrected chi connectivity index (χ4v) is 4.31. The summed E-state index contributed by atoms with van der Waals surface area (Å²) in [6, 6.07) is 0. The Balaban J connectivity index is 2.03. The van der Waals surface area contributed by atoms with Crippen molar-refractivity contribution in [1.82, 2.24) is 5.32 Å². The molecule has 1 amide bonds. The smallest absolute Gasteiger partial charge is 0.217 e. The Bertz CT molecular complexity index is 486. The number of amidine groups is 1. The summed E-state index contributed by atoms with van der Waals surface area (Å²) in [4.78, 5) is 16.0. The number of quaternary nitrogens is 1. The molecule has 4 nitrogen and oxygen atoms in total. The summed E-state index contributed by atoms with van der Waals surface area (Å²) in [5, 5.41) is 2.96. The fourth-order valence-electron chi connectivity index (χ4n) is 4.31. The van der Waals surface area contributed by atoms with Crippen LogP contribution in [-0.4, -0.2) is 48.9 Å². The van der Waals surface area contributed by atoms with Crippen LogP contribution in [0.25, 0.3) is 0 Å². The summed E-state index contributed by atoms with van der Waals surface area (Å²) in [5.74, 6) is 1.45. The largest absolute Gasteiger partial charge is 0.351 e. The van der Waals surface area contributed by atoms with E-state index in [1.54, 1.807) is 6.92 Å². The predicted octanol–water partition coefficient (Wildman–Crippen LogP) is 6.02. The molecule has 1 unspecified atom stereocenters. The Labute approximate surface area is 180 Å². The molecule has 4 heteroatoms. The number of likely N-dealkylation sites (N-methyl/N-ethyl adjacent to an activating group) is 1. The van der Waals surface area contributed by atoms with Gasteiger partial charge < -0.3 is 5.32 Å². The van der Waals surface area contributed by atoms with Crippen molar-refractivity contribution in [3.63, 3.8) is 0 Å². The second kappa shape index (κ2) is 16.6. The van der Waals surface area contributed by atoms with Gasteiger partial charge in [0.1, 0.15) is 13.1 Å². The molecular weight excluding hydrogens is 358 g/mol. The molecule has 0 bridgehead atoms. The number of carbonyl (C=O) groups is 1. The Morgan fingerprint density at radius 2 is 1.59 bits per heavy atom. The molecule has 1 aliphatic heterocycles. The van der Waals surface area contributed by atoms with Gasteiger partial charge in [-0.3, -0.25) is 9.28 Å². The van der Waals surface area contributed by atoms with E-state index in [2.05, 4.69) is 31.3 Å². The molecule has 1 N–H and O–H groups in total. The molecular formula is C25H48N3O+. The molecule has 1 aliphatic rings. The van der Waals surface area contributed by atoms with Crippen LogP contribution in [-0.2, 0) is 4.79 Å². The third kappa shape index (κ3) is 11.6. The lowest BCUT2D eigenvalue weighted by atomic mass is 10.1. The number of allylic oxidation sites excluding steroid dienone is 2. The molecule has 0 aromatic carbocycles. The zero-order chi connectivity index (χ0) is 21.2. The van der Waals surface area contributed by atoms with Gasteiger partial charge in [-0.2, -0.15) is 0 Å². The predicted molar refractivity (Wildman–Crippen MR) is 126 cm³/mol. The van der Waals surface area contributed by atoms with E-state index in [-0.39, 0.29) is 5.91 Å². The van der Waals surface area contributed by atoms with Crippen LogP contribution in [0.15, 0.2) is 17.1 Å². The molecule has 29 heavy (non-hydrogen) atoms. The van der Waals surface area contributed by atoms with E-state index >= 15 is 0 Å². The van der Waals surface area contributed by atoms with E-state index in [9.17, 15) is 4.79 Å². The van der Waals surface area contributed by atoms with Crippen LogP contribution < -0.4 is 5.32 Å². The molecule has 168 valence electrons. The highest BCUT2D eigenvalue weighted by molar-refractivity contribution is 5.77. The molecule has 0 aromatic heterocycles. The van der Waals surface area contributed by atoms with Crippen LogP contribution in [0.1, 0.15) is 104 Å². The van der Waals surface area contributed by atoms with Gasteiger partial charge in [0.05, 0.1) is 19.6 Å². The zero-order valence-corrected chi connectivity index (χ0v) is 19.7. The topological polar surface area (TPSA) is 41.5 Å².